The Bertz CT molecular complexity index is 685. The molecule has 0 radical (unpaired) electrons. The van der Waals surface area contributed by atoms with E-state index in [4.69, 9.17) is 4.74 Å². The number of rotatable bonds is 3. The van der Waals surface area contributed by atoms with Crippen molar-refractivity contribution in [3.8, 4) is 0 Å². The number of hydrogen-bond acceptors (Lipinski definition) is 4. The van der Waals surface area contributed by atoms with Crippen molar-refractivity contribution in [2.75, 3.05) is 13.2 Å². The van der Waals surface area contributed by atoms with E-state index in [-0.39, 0.29) is 28.0 Å². The van der Waals surface area contributed by atoms with Crippen LogP contribution in [0.1, 0.15) is 48.0 Å². The average molecular weight is 346 g/mol. The predicted molar refractivity (Wildman–Crippen MR) is 92.8 cm³/mol. The van der Waals surface area contributed by atoms with Gasteiger partial charge in [0.2, 0.25) is 5.91 Å². The zero-order valence-electron chi connectivity index (χ0n) is 14.0. The number of thioether (sulfide) groups is 1. The number of benzene rings is 1. The fourth-order valence-corrected chi connectivity index (χ4v) is 5.51. The highest BCUT2D eigenvalue weighted by Crippen LogP contribution is 2.56. The molecular weight excluding hydrogens is 324 g/mol. The number of fused-ring (bicyclic) bond motifs is 3. The molecule has 3 aliphatic heterocycles. The maximum atomic E-state index is 12.9. The molecule has 0 unspecified atom stereocenters. The normalized spacial score (nSPS) is 30.3. The van der Waals surface area contributed by atoms with E-state index in [0.717, 1.165) is 30.6 Å². The summed E-state index contributed by atoms with van der Waals surface area (Å²) in [6, 6.07) is 7.21. The molecule has 3 atom stereocenters. The molecular formula is C18H22N2O3S. The highest BCUT2D eigenvalue weighted by atomic mass is 32.2. The molecule has 24 heavy (non-hydrogen) atoms. The summed E-state index contributed by atoms with van der Waals surface area (Å²) in [6.45, 7) is 5.38. The van der Waals surface area contributed by atoms with Gasteiger partial charge in [0.15, 0.2) is 0 Å². The topological polar surface area (TPSA) is 58.6 Å². The Hall–Kier alpha value is -1.53. The summed E-state index contributed by atoms with van der Waals surface area (Å²) in [6.07, 6.45) is 2.14. The lowest BCUT2D eigenvalue weighted by Crippen LogP contribution is -2.53. The summed E-state index contributed by atoms with van der Waals surface area (Å²) in [5.74, 6) is -0.113. The number of carbonyl (C=O) groups excluding carboxylic acids is 2. The Labute approximate surface area is 146 Å². The minimum atomic E-state index is -0.464. The third-order valence-corrected chi connectivity index (χ3v) is 6.61. The van der Waals surface area contributed by atoms with Gasteiger partial charge in [-0.2, -0.15) is 0 Å². The van der Waals surface area contributed by atoms with Gasteiger partial charge in [0.25, 0.3) is 5.91 Å². The summed E-state index contributed by atoms with van der Waals surface area (Å²) in [5, 5.41) is 2.94. The van der Waals surface area contributed by atoms with Gasteiger partial charge in [0.05, 0.1) is 6.10 Å². The first-order valence-electron chi connectivity index (χ1n) is 8.48. The van der Waals surface area contributed by atoms with Gasteiger partial charge in [-0.05, 0) is 38.3 Å². The molecule has 2 fully saturated rings. The van der Waals surface area contributed by atoms with Crippen LogP contribution in [-0.2, 0) is 9.53 Å². The highest BCUT2D eigenvalue weighted by molar-refractivity contribution is 8.01. The van der Waals surface area contributed by atoms with E-state index in [1.165, 1.54) is 0 Å². The third-order valence-electron chi connectivity index (χ3n) is 5.07. The van der Waals surface area contributed by atoms with Gasteiger partial charge in [-0.25, -0.2) is 0 Å². The zero-order valence-corrected chi connectivity index (χ0v) is 14.8. The second-order valence-corrected chi connectivity index (χ2v) is 8.89. The summed E-state index contributed by atoms with van der Waals surface area (Å²) in [5.41, 5.74) is 1.75. The van der Waals surface area contributed by atoms with Gasteiger partial charge in [0, 0.05) is 23.5 Å². The van der Waals surface area contributed by atoms with Crippen molar-refractivity contribution in [1.82, 2.24) is 10.2 Å². The first-order chi connectivity index (χ1) is 11.5. The van der Waals surface area contributed by atoms with Crippen LogP contribution in [0.4, 0.5) is 0 Å². The van der Waals surface area contributed by atoms with E-state index in [0.29, 0.717) is 6.54 Å². The minimum Gasteiger partial charge on any atom is -0.376 e. The SMILES string of the molecule is CC1(C)S[C@H]2c3ccccc3C(=O)N2[C@@H]1C(=O)NC[C@@H]1CCCO1. The quantitative estimate of drug-likeness (QED) is 0.913. The lowest BCUT2D eigenvalue weighted by atomic mass is 10.0. The molecule has 128 valence electrons. The number of hydrogen-bond donors (Lipinski definition) is 1. The highest BCUT2D eigenvalue weighted by Gasteiger charge is 2.57. The number of ether oxygens (including phenoxy) is 1. The summed E-state index contributed by atoms with van der Waals surface area (Å²) < 4.78 is 5.25. The van der Waals surface area contributed by atoms with Gasteiger partial charge in [0.1, 0.15) is 11.4 Å². The fraction of sp³-hybridized carbons (Fsp3) is 0.556. The Morgan fingerprint density at radius 2 is 2.21 bits per heavy atom. The van der Waals surface area contributed by atoms with Crippen LogP contribution in [0.25, 0.3) is 0 Å². The van der Waals surface area contributed by atoms with Crippen LogP contribution in [0.2, 0.25) is 0 Å². The lowest BCUT2D eigenvalue weighted by Gasteiger charge is -2.29. The van der Waals surface area contributed by atoms with Crippen LogP contribution in [0.15, 0.2) is 24.3 Å². The van der Waals surface area contributed by atoms with E-state index in [2.05, 4.69) is 5.32 Å². The second kappa shape index (κ2) is 5.77. The van der Waals surface area contributed by atoms with Crippen molar-refractivity contribution >= 4 is 23.6 Å². The molecule has 3 aliphatic rings. The summed E-state index contributed by atoms with van der Waals surface area (Å²) in [4.78, 5) is 27.5. The fourth-order valence-electron chi connectivity index (χ4n) is 3.92. The van der Waals surface area contributed by atoms with Crippen molar-refractivity contribution in [3.63, 3.8) is 0 Å². The van der Waals surface area contributed by atoms with Crippen LogP contribution < -0.4 is 5.32 Å². The molecule has 0 aromatic heterocycles. The van der Waals surface area contributed by atoms with E-state index < -0.39 is 6.04 Å². The average Bonchev–Trinajstić information content (AvgIpc) is 3.22. The molecule has 6 heteroatoms. The molecule has 3 heterocycles. The van der Waals surface area contributed by atoms with Crippen LogP contribution in [0.5, 0.6) is 0 Å². The largest absolute Gasteiger partial charge is 0.376 e. The van der Waals surface area contributed by atoms with E-state index >= 15 is 0 Å². The van der Waals surface area contributed by atoms with E-state index in [9.17, 15) is 9.59 Å². The zero-order chi connectivity index (χ0) is 16.9. The molecule has 2 amide bonds. The van der Waals surface area contributed by atoms with Crippen LogP contribution in [0, 0.1) is 0 Å². The van der Waals surface area contributed by atoms with Crippen LogP contribution >= 0.6 is 11.8 Å². The monoisotopic (exact) mass is 346 g/mol. The van der Waals surface area contributed by atoms with Crippen molar-refractivity contribution in [2.45, 2.75) is 49.0 Å². The summed E-state index contributed by atoms with van der Waals surface area (Å²) >= 11 is 1.69. The van der Waals surface area contributed by atoms with Gasteiger partial charge in [-0.15, -0.1) is 11.8 Å². The van der Waals surface area contributed by atoms with Crippen LogP contribution in [0.3, 0.4) is 0 Å². The first kappa shape index (κ1) is 16.0. The van der Waals surface area contributed by atoms with Crippen LogP contribution in [-0.4, -0.2) is 46.8 Å². The number of carbonyl (C=O) groups is 2. The third kappa shape index (κ3) is 2.43. The van der Waals surface area contributed by atoms with Gasteiger partial charge < -0.3 is 15.0 Å². The van der Waals surface area contributed by atoms with Crippen molar-refractivity contribution < 1.29 is 14.3 Å². The lowest BCUT2D eigenvalue weighted by molar-refractivity contribution is -0.126. The van der Waals surface area contributed by atoms with Crippen molar-refractivity contribution in [3.05, 3.63) is 35.4 Å². The first-order valence-corrected chi connectivity index (χ1v) is 9.36. The predicted octanol–water partition coefficient (Wildman–Crippen LogP) is 2.33. The Morgan fingerprint density at radius 3 is 2.96 bits per heavy atom. The standard InChI is InChI=1S/C18H22N2O3S/c1-18(2)14(15(21)19-10-11-6-5-9-23-11)20-16(22)12-7-3-4-8-13(12)17(20)24-18/h3-4,7-8,11,14,17H,5-6,9-10H2,1-2H3,(H,19,21)/t11-,14+,17-/m0/s1. The summed E-state index contributed by atoms with van der Waals surface area (Å²) in [7, 11) is 0. The Kier molecular flexibility index (Phi) is 3.84. The Balaban J connectivity index is 1.56. The van der Waals surface area contributed by atoms with E-state index in [1.807, 2.05) is 38.1 Å². The second-order valence-electron chi connectivity index (χ2n) is 7.16. The molecule has 0 bridgehead atoms. The molecule has 2 saturated heterocycles. The maximum Gasteiger partial charge on any atom is 0.256 e. The van der Waals surface area contributed by atoms with Gasteiger partial charge in [-0.1, -0.05) is 18.2 Å². The maximum absolute atomic E-state index is 12.9. The molecule has 0 aliphatic carbocycles. The molecule has 1 aromatic carbocycles. The molecule has 1 aromatic rings. The number of nitrogens with zero attached hydrogens (tertiary/aromatic N) is 1. The van der Waals surface area contributed by atoms with E-state index in [1.54, 1.807) is 16.7 Å². The molecule has 1 N–H and O–H groups in total. The smallest absolute Gasteiger partial charge is 0.256 e. The number of nitrogens with one attached hydrogen (secondary N) is 1. The molecule has 4 rings (SSSR count). The minimum absolute atomic E-state index is 0.0362. The molecule has 0 saturated carbocycles. The Morgan fingerprint density at radius 1 is 1.42 bits per heavy atom. The van der Waals surface area contributed by atoms with Crippen molar-refractivity contribution in [2.24, 2.45) is 0 Å². The van der Waals surface area contributed by atoms with Gasteiger partial charge >= 0.3 is 0 Å². The molecule has 0 spiro atoms. The number of amides is 2. The molecule has 5 nitrogen and oxygen atoms in total. The van der Waals surface area contributed by atoms with Crippen molar-refractivity contribution in [1.29, 1.82) is 0 Å². The van der Waals surface area contributed by atoms with Gasteiger partial charge in [-0.3, -0.25) is 9.59 Å².